The smallest absolute Gasteiger partial charge is 0.315 e. The van der Waals surface area contributed by atoms with Gasteiger partial charge in [0.25, 0.3) is 0 Å². The van der Waals surface area contributed by atoms with E-state index in [-0.39, 0.29) is 43.0 Å². The molecule has 0 heterocycles. The van der Waals surface area contributed by atoms with Crippen molar-refractivity contribution in [1.82, 2.24) is 10.6 Å². The summed E-state index contributed by atoms with van der Waals surface area (Å²) in [5.74, 6) is -0.154. The van der Waals surface area contributed by atoms with E-state index in [4.69, 9.17) is 9.84 Å². The van der Waals surface area contributed by atoms with Crippen LogP contribution in [0.5, 0.6) is 5.75 Å². The lowest BCUT2D eigenvalue weighted by Crippen LogP contribution is -2.46. The monoisotopic (exact) mass is 308 g/mol. The van der Waals surface area contributed by atoms with Crippen LogP contribution in [-0.2, 0) is 0 Å². The second kappa shape index (κ2) is 7.79. The summed E-state index contributed by atoms with van der Waals surface area (Å²) in [6.45, 7) is 2.04. The molecule has 1 aliphatic rings. The van der Waals surface area contributed by atoms with E-state index in [1.54, 1.807) is 25.1 Å². The van der Waals surface area contributed by atoms with E-state index < -0.39 is 5.82 Å². The lowest BCUT2D eigenvalue weighted by atomic mass is 10.1. The van der Waals surface area contributed by atoms with Crippen molar-refractivity contribution in [3.63, 3.8) is 0 Å². The first-order valence-electron chi connectivity index (χ1n) is 7.32. The summed E-state index contributed by atoms with van der Waals surface area (Å²) in [4.78, 5) is 11.8. The number of benzene rings is 1. The van der Waals surface area contributed by atoms with Crippen LogP contribution in [0.4, 0.5) is 9.18 Å². The molecule has 0 bridgehead atoms. The topological polar surface area (TPSA) is 70.6 Å². The molecule has 0 saturated carbocycles. The molecular weight excluding hydrogens is 287 g/mol. The fourth-order valence-corrected chi connectivity index (χ4v) is 2.27. The van der Waals surface area contributed by atoms with Crippen LogP contribution in [0.15, 0.2) is 36.4 Å². The van der Waals surface area contributed by atoms with E-state index in [1.165, 1.54) is 6.07 Å². The van der Waals surface area contributed by atoms with Gasteiger partial charge in [0.05, 0.1) is 6.04 Å². The van der Waals surface area contributed by atoms with E-state index in [0.717, 1.165) is 0 Å². The first kappa shape index (κ1) is 16.3. The minimum absolute atomic E-state index is 0.0724. The Morgan fingerprint density at radius 3 is 2.91 bits per heavy atom. The maximum absolute atomic E-state index is 13.4. The number of urea groups is 1. The largest absolute Gasteiger partial charge is 0.488 e. The van der Waals surface area contributed by atoms with Crippen LogP contribution in [0.2, 0.25) is 0 Å². The van der Waals surface area contributed by atoms with E-state index in [1.807, 2.05) is 12.2 Å². The van der Waals surface area contributed by atoms with E-state index in [9.17, 15) is 9.18 Å². The van der Waals surface area contributed by atoms with Gasteiger partial charge in [0.15, 0.2) is 11.6 Å². The van der Waals surface area contributed by atoms with Crippen LogP contribution in [-0.4, -0.2) is 36.4 Å². The quantitative estimate of drug-likeness (QED) is 0.702. The summed E-state index contributed by atoms with van der Waals surface area (Å²) in [5, 5.41) is 14.6. The summed E-state index contributed by atoms with van der Waals surface area (Å²) >= 11 is 0. The summed E-state index contributed by atoms with van der Waals surface area (Å²) < 4.78 is 18.7. The molecule has 2 amide bonds. The molecule has 0 spiro atoms. The number of para-hydroxylation sites is 1. The SMILES string of the molecule is C[C@H](COc1ccccc1F)NC(=O)N[C@@H]1C=C[C@H](CO)C1. The van der Waals surface area contributed by atoms with Crippen molar-refractivity contribution in [3.8, 4) is 5.75 Å². The molecule has 5 nitrogen and oxygen atoms in total. The van der Waals surface area contributed by atoms with Crippen LogP contribution < -0.4 is 15.4 Å². The number of hydrogen-bond donors (Lipinski definition) is 3. The highest BCUT2D eigenvalue weighted by Crippen LogP contribution is 2.17. The van der Waals surface area contributed by atoms with Crippen molar-refractivity contribution in [2.45, 2.75) is 25.4 Å². The van der Waals surface area contributed by atoms with Gasteiger partial charge in [0.2, 0.25) is 0 Å². The van der Waals surface area contributed by atoms with E-state index >= 15 is 0 Å². The molecule has 6 heteroatoms. The molecule has 0 fully saturated rings. The van der Waals surface area contributed by atoms with E-state index in [2.05, 4.69) is 10.6 Å². The Balaban J connectivity index is 1.71. The standard InChI is InChI=1S/C16H21FN2O3/c1-11(10-22-15-5-3-2-4-14(15)17)18-16(21)19-13-7-6-12(8-13)9-20/h2-7,11-13,20H,8-10H2,1H3,(H2,18,19,21)/t11-,12+,13-/m1/s1. The fourth-order valence-electron chi connectivity index (χ4n) is 2.27. The molecule has 120 valence electrons. The molecule has 1 aliphatic carbocycles. The van der Waals surface area contributed by atoms with Crippen molar-refractivity contribution in [2.24, 2.45) is 5.92 Å². The van der Waals surface area contributed by atoms with Crippen molar-refractivity contribution in [1.29, 1.82) is 0 Å². The van der Waals surface area contributed by atoms with Gasteiger partial charge >= 0.3 is 6.03 Å². The number of carbonyl (C=O) groups is 1. The molecule has 0 aromatic heterocycles. The third kappa shape index (κ3) is 4.73. The molecule has 0 aliphatic heterocycles. The fraction of sp³-hybridized carbons (Fsp3) is 0.438. The Bertz CT molecular complexity index is 536. The zero-order valence-corrected chi connectivity index (χ0v) is 12.5. The number of aliphatic hydroxyl groups excluding tert-OH is 1. The molecular formula is C16H21FN2O3. The van der Waals surface area contributed by atoms with Crippen molar-refractivity contribution >= 4 is 6.03 Å². The number of ether oxygens (including phenoxy) is 1. The Labute approximate surface area is 129 Å². The molecule has 3 N–H and O–H groups in total. The van der Waals surface area contributed by atoms with Gasteiger partial charge in [-0.15, -0.1) is 0 Å². The zero-order chi connectivity index (χ0) is 15.9. The second-order valence-corrected chi connectivity index (χ2v) is 5.43. The molecule has 0 radical (unpaired) electrons. The Kier molecular flexibility index (Phi) is 5.77. The summed E-state index contributed by atoms with van der Waals surface area (Å²) in [7, 11) is 0. The van der Waals surface area contributed by atoms with Crippen LogP contribution in [0.1, 0.15) is 13.3 Å². The minimum Gasteiger partial charge on any atom is -0.488 e. The highest BCUT2D eigenvalue weighted by molar-refractivity contribution is 5.74. The third-order valence-electron chi connectivity index (χ3n) is 3.43. The molecule has 3 atom stereocenters. The van der Waals surface area contributed by atoms with E-state index in [0.29, 0.717) is 6.42 Å². The second-order valence-electron chi connectivity index (χ2n) is 5.43. The first-order chi connectivity index (χ1) is 10.6. The molecule has 1 aromatic carbocycles. The highest BCUT2D eigenvalue weighted by Gasteiger charge is 2.20. The third-order valence-corrected chi connectivity index (χ3v) is 3.43. The lowest BCUT2D eigenvalue weighted by Gasteiger charge is -2.18. The van der Waals surface area contributed by atoms with Gasteiger partial charge < -0.3 is 20.5 Å². The van der Waals surface area contributed by atoms with Crippen molar-refractivity contribution < 1.29 is 19.0 Å². The highest BCUT2D eigenvalue weighted by atomic mass is 19.1. The number of hydrogen-bond acceptors (Lipinski definition) is 3. The Morgan fingerprint density at radius 1 is 1.45 bits per heavy atom. The van der Waals surface area contributed by atoms with Gasteiger partial charge in [-0.2, -0.15) is 0 Å². The van der Waals surface area contributed by atoms with Crippen molar-refractivity contribution in [3.05, 3.63) is 42.2 Å². The van der Waals surface area contributed by atoms with Crippen LogP contribution in [0.3, 0.4) is 0 Å². The maximum atomic E-state index is 13.4. The molecule has 2 rings (SSSR count). The summed E-state index contributed by atoms with van der Waals surface area (Å²) in [5.41, 5.74) is 0. The number of rotatable bonds is 6. The summed E-state index contributed by atoms with van der Waals surface area (Å²) in [6, 6.07) is 5.50. The van der Waals surface area contributed by atoms with Crippen LogP contribution in [0.25, 0.3) is 0 Å². The van der Waals surface area contributed by atoms with Crippen LogP contribution in [0, 0.1) is 11.7 Å². The molecule has 0 unspecified atom stereocenters. The average Bonchev–Trinajstić information content (AvgIpc) is 2.93. The minimum atomic E-state index is -0.426. The Hall–Kier alpha value is -2.08. The van der Waals surface area contributed by atoms with Gasteiger partial charge in [-0.1, -0.05) is 24.3 Å². The zero-order valence-electron chi connectivity index (χ0n) is 12.5. The predicted molar refractivity (Wildman–Crippen MR) is 81.1 cm³/mol. The maximum Gasteiger partial charge on any atom is 0.315 e. The molecule has 1 aromatic rings. The summed E-state index contributed by atoms with van der Waals surface area (Å²) in [6.07, 6.45) is 4.47. The number of halogens is 1. The van der Waals surface area contributed by atoms with Gasteiger partial charge in [0.1, 0.15) is 6.61 Å². The van der Waals surface area contributed by atoms with Gasteiger partial charge in [-0.3, -0.25) is 0 Å². The first-order valence-corrected chi connectivity index (χ1v) is 7.32. The van der Waals surface area contributed by atoms with Crippen molar-refractivity contribution in [2.75, 3.05) is 13.2 Å². The normalized spacial score (nSPS) is 21.4. The van der Waals surface area contributed by atoms with Crippen LogP contribution >= 0.6 is 0 Å². The number of nitrogens with one attached hydrogen (secondary N) is 2. The van der Waals surface area contributed by atoms with Gasteiger partial charge in [-0.05, 0) is 25.5 Å². The Morgan fingerprint density at radius 2 is 2.23 bits per heavy atom. The predicted octanol–water partition coefficient (Wildman–Crippen LogP) is 1.83. The molecule has 0 saturated heterocycles. The van der Waals surface area contributed by atoms with Gasteiger partial charge in [0, 0.05) is 18.6 Å². The lowest BCUT2D eigenvalue weighted by molar-refractivity contribution is 0.219. The number of amides is 2. The number of aliphatic hydroxyl groups is 1. The number of carbonyl (C=O) groups excluding carboxylic acids is 1. The average molecular weight is 308 g/mol. The van der Waals surface area contributed by atoms with Gasteiger partial charge in [-0.25, -0.2) is 9.18 Å². The molecule has 22 heavy (non-hydrogen) atoms.